The van der Waals surface area contributed by atoms with Crippen LogP contribution in [0.4, 0.5) is 17.1 Å². The summed E-state index contributed by atoms with van der Waals surface area (Å²) in [6.45, 7) is 5.14. The molecule has 134 valence electrons. The van der Waals surface area contributed by atoms with Gasteiger partial charge in [0.15, 0.2) is 0 Å². The van der Waals surface area contributed by atoms with Crippen LogP contribution < -0.4 is 9.80 Å². The molecule has 1 aliphatic heterocycles. The summed E-state index contributed by atoms with van der Waals surface area (Å²) in [7, 11) is 0. The average molecular weight is 345 g/mol. The Morgan fingerprint density at radius 2 is 1.68 bits per heavy atom. The third-order valence-electron chi connectivity index (χ3n) is 5.36. The van der Waals surface area contributed by atoms with Crippen LogP contribution in [0.5, 0.6) is 0 Å². The van der Waals surface area contributed by atoms with Gasteiger partial charge in [0.25, 0.3) is 5.69 Å². The monoisotopic (exact) mass is 345 g/mol. The minimum atomic E-state index is -0.449. The summed E-state index contributed by atoms with van der Waals surface area (Å²) in [6, 6.07) is 4.65. The van der Waals surface area contributed by atoms with E-state index in [1.807, 2.05) is 18.7 Å². The molecule has 2 amide bonds. The highest BCUT2D eigenvalue weighted by molar-refractivity contribution is 6.22. The lowest BCUT2D eigenvalue weighted by Crippen LogP contribution is -2.31. The summed E-state index contributed by atoms with van der Waals surface area (Å²) in [6.07, 6.45) is 3.36. The van der Waals surface area contributed by atoms with Crippen LogP contribution in [0.3, 0.4) is 0 Å². The molecular weight excluding hydrogens is 322 g/mol. The normalized spacial score (nSPS) is 22.9. The summed E-state index contributed by atoms with van der Waals surface area (Å²) >= 11 is 0. The van der Waals surface area contributed by atoms with Gasteiger partial charge in [-0.2, -0.15) is 0 Å². The highest BCUT2D eigenvalue weighted by atomic mass is 16.6. The quantitative estimate of drug-likeness (QED) is 0.465. The molecule has 0 spiro atoms. The maximum absolute atomic E-state index is 12.7. The number of nitrogens with zero attached hydrogens (tertiary/aromatic N) is 3. The first-order chi connectivity index (χ1) is 12.0. The van der Waals surface area contributed by atoms with E-state index in [0.717, 1.165) is 25.7 Å². The Labute approximate surface area is 146 Å². The molecule has 0 unspecified atom stereocenters. The Morgan fingerprint density at radius 1 is 1.12 bits per heavy atom. The Balaban J connectivity index is 2.00. The van der Waals surface area contributed by atoms with Gasteiger partial charge in [-0.25, -0.2) is 4.90 Å². The lowest BCUT2D eigenvalue weighted by molar-refractivity contribution is -0.384. The van der Waals surface area contributed by atoms with Crippen molar-refractivity contribution in [1.82, 2.24) is 0 Å². The van der Waals surface area contributed by atoms with Crippen LogP contribution in [-0.2, 0) is 9.59 Å². The zero-order chi connectivity index (χ0) is 18.1. The van der Waals surface area contributed by atoms with Gasteiger partial charge < -0.3 is 4.90 Å². The first kappa shape index (κ1) is 17.4. The van der Waals surface area contributed by atoms with Crippen molar-refractivity contribution in [2.24, 2.45) is 11.8 Å². The van der Waals surface area contributed by atoms with E-state index < -0.39 is 4.92 Å². The van der Waals surface area contributed by atoms with Crippen LogP contribution in [0.1, 0.15) is 39.5 Å². The lowest BCUT2D eigenvalue weighted by Gasteiger charge is -2.22. The van der Waals surface area contributed by atoms with Gasteiger partial charge in [-0.15, -0.1) is 0 Å². The van der Waals surface area contributed by atoms with Gasteiger partial charge in [-0.1, -0.05) is 12.8 Å². The van der Waals surface area contributed by atoms with E-state index in [0.29, 0.717) is 24.5 Å². The molecule has 1 heterocycles. The van der Waals surface area contributed by atoms with E-state index >= 15 is 0 Å². The summed E-state index contributed by atoms with van der Waals surface area (Å²) < 4.78 is 0. The van der Waals surface area contributed by atoms with E-state index in [2.05, 4.69) is 0 Å². The predicted octanol–water partition coefficient (Wildman–Crippen LogP) is 3.12. The molecule has 0 bridgehead atoms. The second-order valence-corrected chi connectivity index (χ2v) is 6.61. The second-order valence-electron chi connectivity index (χ2n) is 6.61. The van der Waals surface area contributed by atoms with Crippen LogP contribution >= 0.6 is 0 Å². The molecule has 25 heavy (non-hydrogen) atoms. The van der Waals surface area contributed by atoms with Gasteiger partial charge in [-0.3, -0.25) is 19.7 Å². The first-order valence-electron chi connectivity index (χ1n) is 8.90. The molecule has 2 aliphatic rings. The van der Waals surface area contributed by atoms with Gasteiger partial charge in [0.1, 0.15) is 5.69 Å². The molecule has 2 atom stereocenters. The van der Waals surface area contributed by atoms with Crippen LogP contribution in [0.25, 0.3) is 0 Å². The van der Waals surface area contributed by atoms with Crippen molar-refractivity contribution < 1.29 is 14.5 Å². The molecule has 1 aliphatic carbocycles. The minimum absolute atomic E-state index is 0.0725. The number of anilines is 2. The molecule has 3 rings (SSSR count). The van der Waals surface area contributed by atoms with E-state index in [1.165, 1.54) is 11.0 Å². The van der Waals surface area contributed by atoms with Crippen LogP contribution in [0.2, 0.25) is 0 Å². The van der Waals surface area contributed by atoms with E-state index in [4.69, 9.17) is 0 Å². The molecule has 0 radical (unpaired) electrons. The number of benzene rings is 1. The maximum atomic E-state index is 12.7. The fourth-order valence-electron chi connectivity index (χ4n) is 4.05. The summed E-state index contributed by atoms with van der Waals surface area (Å²) in [5.74, 6) is -0.940. The van der Waals surface area contributed by atoms with Crippen molar-refractivity contribution in [2.45, 2.75) is 39.5 Å². The molecule has 1 aromatic rings. The van der Waals surface area contributed by atoms with Gasteiger partial charge in [0.05, 0.1) is 22.4 Å². The number of nitro benzene ring substituents is 1. The predicted molar refractivity (Wildman–Crippen MR) is 94.6 cm³/mol. The lowest BCUT2D eigenvalue weighted by atomic mass is 9.81. The van der Waals surface area contributed by atoms with Crippen LogP contribution in [0, 0.1) is 22.0 Å². The zero-order valence-electron chi connectivity index (χ0n) is 14.6. The fraction of sp³-hybridized carbons (Fsp3) is 0.556. The van der Waals surface area contributed by atoms with Crippen LogP contribution in [-0.4, -0.2) is 29.8 Å². The number of rotatable bonds is 5. The van der Waals surface area contributed by atoms with Crippen molar-refractivity contribution in [3.05, 3.63) is 28.3 Å². The SMILES string of the molecule is CCN(CC)c1ccc(N2C(=O)[C@@H]3CCCC[C@H]3C2=O)cc1[N+](=O)[O-]. The minimum Gasteiger partial charge on any atom is -0.367 e. The second kappa shape index (κ2) is 6.82. The Hall–Kier alpha value is -2.44. The van der Waals surface area contributed by atoms with E-state index in [9.17, 15) is 19.7 Å². The van der Waals surface area contributed by atoms with Gasteiger partial charge in [0.2, 0.25) is 11.8 Å². The van der Waals surface area contributed by atoms with Crippen LogP contribution in [0.15, 0.2) is 18.2 Å². The third kappa shape index (κ3) is 2.88. The molecule has 0 N–H and O–H groups in total. The molecule has 0 aromatic heterocycles. The largest absolute Gasteiger partial charge is 0.367 e. The number of hydrogen-bond donors (Lipinski definition) is 0. The van der Waals surface area contributed by atoms with Gasteiger partial charge in [-0.05, 0) is 38.8 Å². The summed E-state index contributed by atoms with van der Waals surface area (Å²) in [5.41, 5.74) is 0.749. The summed E-state index contributed by atoms with van der Waals surface area (Å²) in [5, 5.41) is 11.5. The van der Waals surface area contributed by atoms with Gasteiger partial charge >= 0.3 is 0 Å². The zero-order valence-corrected chi connectivity index (χ0v) is 14.6. The van der Waals surface area contributed by atoms with Crippen molar-refractivity contribution in [3.63, 3.8) is 0 Å². The Bertz CT molecular complexity index is 690. The average Bonchev–Trinajstić information content (AvgIpc) is 2.87. The number of carbonyl (C=O) groups is 2. The number of nitro groups is 1. The highest BCUT2D eigenvalue weighted by Gasteiger charge is 2.49. The highest BCUT2D eigenvalue weighted by Crippen LogP contribution is 2.41. The number of carbonyl (C=O) groups excluding carboxylic acids is 2. The fourth-order valence-corrected chi connectivity index (χ4v) is 4.05. The van der Waals surface area contributed by atoms with Crippen molar-refractivity contribution in [2.75, 3.05) is 22.9 Å². The molecule has 7 nitrogen and oxygen atoms in total. The standard InChI is InChI=1S/C18H23N3O4/c1-3-19(4-2)15-10-9-12(11-16(15)21(24)25)20-17(22)13-7-5-6-8-14(13)18(20)23/h9-11,13-14H,3-8H2,1-2H3/t13-,14-/m1/s1. The van der Waals surface area contributed by atoms with E-state index in [1.54, 1.807) is 12.1 Å². The Morgan fingerprint density at radius 3 is 2.16 bits per heavy atom. The molecule has 1 aromatic carbocycles. The number of imide groups is 1. The third-order valence-corrected chi connectivity index (χ3v) is 5.36. The number of fused-ring (bicyclic) bond motifs is 1. The van der Waals surface area contributed by atoms with Crippen molar-refractivity contribution in [1.29, 1.82) is 0 Å². The summed E-state index contributed by atoms with van der Waals surface area (Å²) in [4.78, 5) is 39.5. The first-order valence-corrected chi connectivity index (χ1v) is 8.90. The molecule has 1 saturated heterocycles. The topological polar surface area (TPSA) is 83.8 Å². The van der Waals surface area contributed by atoms with Crippen molar-refractivity contribution >= 4 is 28.9 Å². The molecule has 7 heteroatoms. The van der Waals surface area contributed by atoms with E-state index in [-0.39, 0.29) is 29.3 Å². The maximum Gasteiger partial charge on any atom is 0.294 e. The molecular formula is C18H23N3O4. The number of hydrogen-bond acceptors (Lipinski definition) is 5. The van der Waals surface area contributed by atoms with Crippen molar-refractivity contribution in [3.8, 4) is 0 Å². The Kier molecular flexibility index (Phi) is 4.74. The van der Waals surface area contributed by atoms with Gasteiger partial charge in [0, 0.05) is 19.2 Å². The molecule has 2 fully saturated rings. The smallest absolute Gasteiger partial charge is 0.294 e. The molecule has 1 saturated carbocycles. The number of amides is 2.